The lowest BCUT2D eigenvalue weighted by molar-refractivity contribution is 0.0947. The topological polar surface area (TPSA) is 61.6 Å². The van der Waals surface area contributed by atoms with Crippen molar-refractivity contribution in [3.05, 3.63) is 70.4 Å². The van der Waals surface area contributed by atoms with Crippen LogP contribution in [0, 0.1) is 18.6 Å². The maximum absolute atomic E-state index is 14.3. The van der Waals surface area contributed by atoms with Crippen LogP contribution in [0.4, 0.5) is 14.5 Å². The number of amides is 1. The van der Waals surface area contributed by atoms with Gasteiger partial charge < -0.3 is 14.7 Å². The molecular weight excluding hydrogens is 438 g/mol. The molecule has 4 rings (SSSR count). The van der Waals surface area contributed by atoms with Crippen LogP contribution in [-0.4, -0.2) is 55.2 Å². The minimum Gasteiger partial charge on any atom is -0.369 e. The number of halogens is 3. The van der Waals surface area contributed by atoms with E-state index in [2.05, 4.69) is 20.3 Å². The van der Waals surface area contributed by atoms with E-state index in [9.17, 15) is 13.6 Å². The van der Waals surface area contributed by atoms with Crippen molar-refractivity contribution in [2.24, 2.45) is 0 Å². The third-order valence-corrected chi connectivity index (χ3v) is 5.88. The number of benzene rings is 2. The van der Waals surface area contributed by atoms with E-state index >= 15 is 0 Å². The highest BCUT2D eigenvalue weighted by molar-refractivity contribution is 6.33. The second kappa shape index (κ2) is 9.67. The first-order valence-corrected chi connectivity index (χ1v) is 10.7. The molecule has 32 heavy (non-hydrogen) atoms. The predicted molar refractivity (Wildman–Crippen MR) is 119 cm³/mol. The number of carbonyl (C=O) groups excluding carboxylic acids is 1. The van der Waals surface area contributed by atoms with Gasteiger partial charge >= 0.3 is 0 Å². The Labute approximate surface area is 189 Å². The van der Waals surface area contributed by atoms with Gasteiger partial charge in [-0.15, -0.1) is 0 Å². The second-order valence-electron chi connectivity index (χ2n) is 7.62. The van der Waals surface area contributed by atoms with Gasteiger partial charge in [-0.3, -0.25) is 9.69 Å². The summed E-state index contributed by atoms with van der Waals surface area (Å²) in [7, 11) is 0. The van der Waals surface area contributed by atoms with Crippen molar-refractivity contribution < 1.29 is 18.1 Å². The maximum Gasteiger partial charge on any atom is 0.257 e. The van der Waals surface area contributed by atoms with Crippen molar-refractivity contribution in [3.8, 4) is 11.3 Å². The summed E-state index contributed by atoms with van der Waals surface area (Å²) in [6.45, 7) is 5.99. The summed E-state index contributed by atoms with van der Waals surface area (Å²) in [5.74, 6) is -0.904. The maximum atomic E-state index is 14.3. The molecule has 2 heterocycles. The van der Waals surface area contributed by atoms with Crippen molar-refractivity contribution in [3.63, 3.8) is 0 Å². The van der Waals surface area contributed by atoms with Crippen LogP contribution in [0.3, 0.4) is 0 Å². The Balaban J connectivity index is 1.33. The minimum absolute atomic E-state index is 0.0491. The lowest BCUT2D eigenvalue weighted by Gasteiger charge is -2.36. The average molecular weight is 461 g/mol. The third kappa shape index (κ3) is 4.76. The van der Waals surface area contributed by atoms with Crippen LogP contribution < -0.4 is 10.2 Å². The highest BCUT2D eigenvalue weighted by atomic mass is 35.5. The summed E-state index contributed by atoms with van der Waals surface area (Å²) >= 11 is 6.14. The van der Waals surface area contributed by atoms with Crippen molar-refractivity contribution in [1.29, 1.82) is 0 Å². The SMILES string of the molecule is Cc1onc(-c2c(F)cccc2Cl)c1C(=O)NCCN1CCN(c2ccc(F)cc2)CC1. The molecule has 0 unspecified atom stereocenters. The molecule has 1 aliphatic rings. The van der Waals surface area contributed by atoms with E-state index in [0.29, 0.717) is 18.8 Å². The number of piperazine rings is 1. The summed E-state index contributed by atoms with van der Waals surface area (Å²) in [4.78, 5) is 17.3. The monoisotopic (exact) mass is 460 g/mol. The van der Waals surface area contributed by atoms with Gasteiger partial charge in [0.15, 0.2) is 0 Å². The van der Waals surface area contributed by atoms with E-state index in [4.69, 9.17) is 16.1 Å². The molecule has 1 fully saturated rings. The second-order valence-corrected chi connectivity index (χ2v) is 8.03. The molecule has 2 aromatic carbocycles. The number of hydrogen-bond donors (Lipinski definition) is 1. The summed E-state index contributed by atoms with van der Waals surface area (Å²) in [6, 6.07) is 10.8. The van der Waals surface area contributed by atoms with Gasteiger partial charge in [-0.1, -0.05) is 22.8 Å². The molecule has 9 heteroatoms. The predicted octanol–water partition coefficient (Wildman–Crippen LogP) is 4.13. The zero-order valence-electron chi connectivity index (χ0n) is 17.6. The number of nitrogens with zero attached hydrogens (tertiary/aromatic N) is 3. The van der Waals surface area contributed by atoms with E-state index in [1.807, 2.05) is 0 Å². The molecule has 0 radical (unpaired) electrons. The van der Waals surface area contributed by atoms with Crippen molar-refractivity contribution in [1.82, 2.24) is 15.4 Å². The first-order valence-electron chi connectivity index (χ1n) is 10.4. The van der Waals surface area contributed by atoms with Crippen LogP contribution in [-0.2, 0) is 0 Å². The molecule has 1 aromatic heterocycles. The molecule has 1 amide bonds. The number of aromatic nitrogens is 1. The smallest absolute Gasteiger partial charge is 0.257 e. The van der Waals surface area contributed by atoms with Gasteiger partial charge in [0.1, 0.15) is 28.7 Å². The summed E-state index contributed by atoms with van der Waals surface area (Å²) in [5, 5.41) is 6.90. The van der Waals surface area contributed by atoms with Crippen LogP contribution in [0.15, 0.2) is 47.0 Å². The zero-order chi connectivity index (χ0) is 22.7. The van der Waals surface area contributed by atoms with Gasteiger partial charge in [-0.2, -0.15) is 0 Å². The molecule has 0 bridgehead atoms. The van der Waals surface area contributed by atoms with E-state index in [0.717, 1.165) is 31.9 Å². The Morgan fingerprint density at radius 1 is 1.12 bits per heavy atom. The van der Waals surface area contributed by atoms with Crippen molar-refractivity contribution in [2.75, 3.05) is 44.2 Å². The molecule has 0 saturated carbocycles. The Hall–Kier alpha value is -2.97. The Morgan fingerprint density at radius 2 is 1.84 bits per heavy atom. The molecule has 1 saturated heterocycles. The zero-order valence-corrected chi connectivity index (χ0v) is 18.3. The van der Waals surface area contributed by atoms with Gasteiger partial charge in [0.05, 0.1) is 10.6 Å². The molecule has 1 aliphatic heterocycles. The summed E-state index contributed by atoms with van der Waals surface area (Å²) in [6.07, 6.45) is 0. The Bertz CT molecular complexity index is 1080. The molecule has 0 atom stereocenters. The van der Waals surface area contributed by atoms with Gasteiger partial charge in [0.25, 0.3) is 5.91 Å². The molecule has 168 valence electrons. The molecule has 3 aromatic rings. The number of hydrogen-bond acceptors (Lipinski definition) is 5. The van der Waals surface area contributed by atoms with Crippen molar-refractivity contribution in [2.45, 2.75) is 6.92 Å². The molecular formula is C23H23ClF2N4O2. The quantitative estimate of drug-likeness (QED) is 0.599. The fourth-order valence-electron chi connectivity index (χ4n) is 3.83. The standard InChI is InChI=1S/C23H23ClF2N4O2/c1-15-20(22(28-32-15)21-18(24)3-2-4-19(21)26)23(31)27-9-10-29-11-13-30(14-12-29)17-7-5-16(25)6-8-17/h2-8H,9-14H2,1H3,(H,27,31). The summed E-state index contributed by atoms with van der Waals surface area (Å²) in [5.41, 5.74) is 1.32. The number of anilines is 1. The van der Waals surface area contributed by atoms with Crippen LogP contribution in [0.1, 0.15) is 16.1 Å². The summed E-state index contributed by atoms with van der Waals surface area (Å²) < 4.78 is 32.6. The van der Waals surface area contributed by atoms with E-state index in [1.165, 1.54) is 30.3 Å². The van der Waals surface area contributed by atoms with Gasteiger partial charge in [-0.05, 0) is 43.3 Å². The lowest BCUT2D eigenvalue weighted by atomic mass is 10.0. The van der Waals surface area contributed by atoms with E-state index < -0.39 is 5.82 Å². The van der Waals surface area contributed by atoms with Gasteiger partial charge in [-0.25, -0.2) is 8.78 Å². The molecule has 0 aliphatic carbocycles. The lowest BCUT2D eigenvalue weighted by Crippen LogP contribution is -2.48. The first kappa shape index (κ1) is 22.2. The van der Waals surface area contributed by atoms with E-state index in [1.54, 1.807) is 19.1 Å². The highest BCUT2D eigenvalue weighted by Gasteiger charge is 2.25. The van der Waals surface area contributed by atoms with E-state index in [-0.39, 0.29) is 33.6 Å². The minimum atomic E-state index is -0.570. The first-order chi connectivity index (χ1) is 15.4. The van der Waals surface area contributed by atoms with Gasteiger partial charge in [0.2, 0.25) is 0 Å². The molecule has 6 nitrogen and oxygen atoms in total. The fraction of sp³-hybridized carbons (Fsp3) is 0.304. The molecule has 0 spiro atoms. The van der Waals surface area contributed by atoms with Crippen LogP contribution in [0.2, 0.25) is 5.02 Å². The third-order valence-electron chi connectivity index (χ3n) is 5.57. The fourth-order valence-corrected chi connectivity index (χ4v) is 4.08. The number of nitrogens with one attached hydrogen (secondary N) is 1. The van der Waals surface area contributed by atoms with Crippen molar-refractivity contribution >= 4 is 23.2 Å². The largest absolute Gasteiger partial charge is 0.369 e. The number of aryl methyl sites for hydroxylation is 1. The Kier molecular flexibility index (Phi) is 6.72. The molecule has 1 N–H and O–H groups in total. The van der Waals surface area contributed by atoms with Crippen LogP contribution in [0.5, 0.6) is 0 Å². The van der Waals surface area contributed by atoms with Gasteiger partial charge in [0, 0.05) is 45.0 Å². The normalized spacial score (nSPS) is 14.6. The highest BCUT2D eigenvalue weighted by Crippen LogP contribution is 2.33. The van der Waals surface area contributed by atoms with Crippen LogP contribution in [0.25, 0.3) is 11.3 Å². The van der Waals surface area contributed by atoms with Crippen LogP contribution >= 0.6 is 11.6 Å². The number of rotatable bonds is 6. The Morgan fingerprint density at radius 3 is 2.53 bits per heavy atom. The number of carbonyl (C=O) groups is 1. The average Bonchev–Trinajstić information content (AvgIpc) is 3.16.